The summed E-state index contributed by atoms with van der Waals surface area (Å²) in [6.07, 6.45) is 5.36. The Kier molecular flexibility index (Phi) is 2.69. The van der Waals surface area contributed by atoms with Crippen LogP contribution in [0, 0.1) is 0 Å². The highest BCUT2D eigenvalue weighted by Crippen LogP contribution is 2.04. The fourth-order valence-electron chi connectivity index (χ4n) is 1.13. The maximum Gasteiger partial charge on any atom is 0.103 e. The van der Waals surface area contributed by atoms with Gasteiger partial charge in [-0.25, -0.2) is 0 Å². The molecule has 0 bridgehead atoms. The molecule has 1 aliphatic heterocycles. The molecule has 0 amide bonds. The van der Waals surface area contributed by atoms with Crippen LogP contribution >= 0.6 is 0 Å². The highest BCUT2D eigenvalue weighted by molar-refractivity contribution is 5.84. The summed E-state index contributed by atoms with van der Waals surface area (Å²) in [6, 6.07) is 0.416. The number of rotatable bonds is 1. The SMILES string of the molecule is CC(C)N=C1CC=CCN1C. The number of likely N-dealkylation sites (N-methyl/N-ethyl adjacent to an activating group) is 1. The summed E-state index contributed by atoms with van der Waals surface area (Å²) in [7, 11) is 2.09. The average Bonchev–Trinajstić information content (AvgIpc) is 1.93. The lowest BCUT2D eigenvalue weighted by Gasteiger charge is -2.22. The monoisotopic (exact) mass is 152 g/mol. The van der Waals surface area contributed by atoms with Gasteiger partial charge in [0.25, 0.3) is 0 Å². The third-order valence-corrected chi connectivity index (χ3v) is 1.69. The molecule has 0 radical (unpaired) electrons. The normalized spacial score (nSPS) is 21.8. The fraction of sp³-hybridized carbons (Fsp3) is 0.667. The predicted octanol–water partition coefficient (Wildman–Crippen LogP) is 1.69. The second-order valence-electron chi connectivity index (χ2n) is 3.20. The van der Waals surface area contributed by atoms with E-state index >= 15 is 0 Å². The van der Waals surface area contributed by atoms with Crippen molar-refractivity contribution in [2.75, 3.05) is 13.6 Å². The smallest absolute Gasteiger partial charge is 0.103 e. The molecule has 0 saturated heterocycles. The first-order valence-electron chi connectivity index (χ1n) is 4.13. The zero-order valence-corrected chi connectivity index (χ0v) is 7.54. The van der Waals surface area contributed by atoms with E-state index in [9.17, 15) is 0 Å². The molecule has 0 saturated carbocycles. The zero-order valence-electron chi connectivity index (χ0n) is 7.54. The molecule has 1 heterocycles. The van der Waals surface area contributed by atoms with Gasteiger partial charge in [0.2, 0.25) is 0 Å². The Hall–Kier alpha value is -0.790. The molecule has 1 rings (SSSR count). The van der Waals surface area contributed by atoms with Crippen molar-refractivity contribution in [1.29, 1.82) is 0 Å². The highest BCUT2D eigenvalue weighted by atomic mass is 15.2. The van der Waals surface area contributed by atoms with Crippen LogP contribution in [0.25, 0.3) is 0 Å². The van der Waals surface area contributed by atoms with Gasteiger partial charge in [0.1, 0.15) is 5.84 Å². The summed E-state index contributed by atoms with van der Waals surface area (Å²) in [5, 5.41) is 0. The largest absolute Gasteiger partial charge is 0.359 e. The Bertz CT molecular complexity index is 180. The van der Waals surface area contributed by atoms with E-state index in [1.165, 1.54) is 5.84 Å². The van der Waals surface area contributed by atoms with Crippen LogP contribution in [-0.4, -0.2) is 30.4 Å². The molecule has 11 heavy (non-hydrogen) atoms. The summed E-state index contributed by atoms with van der Waals surface area (Å²) in [4.78, 5) is 6.70. The molecule has 0 spiro atoms. The number of nitrogens with zero attached hydrogens (tertiary/aromatic N) is 2. The van der Waals surface area contributed by atoms with Gasteiger partial charge in [-0.1, -0.05) is 12.2 Å². The molecule has 0 aromatic rings. The standard InChI is InChI=1S/C9H16N2/c1-8(2)10-9-6-4-5-7-11(9)3/h4-5,8H,6-7H2,1-3H3. The van der Waals surface area contributed by atoms with Crippen molar-refractivity contribution < 1.29 is 0 Å². The summed E-state index contributed by atoms with van der Waals surface area (Å²) >= 11 is 0. The Morgan fingerprint density at radius 1 is 1.45 bits per heavy atom. The molecule has 2 heteroatoms. The first-order chi connectivity index (χ1) is 5.20. The summed E-state index contributed by atoms with van der Waals surface area (Å²) in [6.45, 7) is 5.23. The second-order valence-corrected chi connectivity index (χ2v) is 3.20. The molecule has 0 unspecified atom stereocenters. The van der Waals surface area contributed by atoms with Gasteiger partial charge in [0.15, 0.2) is 0 Å². The van der Waals surface area contributed by atoms with Crippen LogP contribution in [-0.2, 0) is 0 Å². The molecule has 0 aromatic carbocycles. The van der Waals surface area contributed by atoms with Crippen molar-refractivity contribution in [2.24, 2.45) is 4.99 Å². The first kappa shape index (κ1) is 8.31. The van der Waals surface area contributed by atoms with Gasteiger partial charge in [-0.2, -0.15) is 0 Å². The summed E-state index contributed by atoms with van der Waals surface area (Å²) < 4.78 is 0. The van der Waals surface area contributed by atoms with Gasteiger partial charge in [-0.15, -0.1) is 0 Å². The molecule has 62 valence electrons. The van der Waals surface area contributed by atoms with Crippen molar-refractivity contribution in [1.82, 2.24) is 4.90 Å². The molecule has 0 aliphatic carbocycles. The van der Waals surface area contributed by atoms with Crippen molar-refractivity contribution >= 4 is 5.84 Å². The Balaban J connectivity index is 2.63. The van der Waals surface area contributed by atoms with Crippen molar-refractivity contribution in [3.05, 3.63) is 12.2 Å². The van der Waals surface area contributed by atoms with Gasteiger partial charge in [0, 0.05) is 26.1 Å². The minimum Gasteiger partial charge on any atom is -0.359 e. The Morgan fingerprint density at radius 2 is 2.18 bits per heavy atom. The maximum atomic E-state index is 4.51. The predicted molar refractivity (Wildman–Crippen MR) is 49.0 cm³/mol. The van der Waals surface area contributed by atoms with E-state index in [1.807, 2.05) is 0 Å². The van der Waals surface area contributed by atoms with E-state index in [0.29, 0.717) is 6.04 Å². The minimum atomic E-state index is 0.416. The Morgan fingerprint density at radius 3 is 2.73 bits per heavy atom. The fourth-order valence-corrected chi connectivity index (χ4v) is 1.13. The van der Waals surface area contributed by atoms with E-state index in [2.05, 4.69) is 42.9 Å². The third-order valence-electron chi connectivity index (χ3n) is 1.69. The van der Waals surface area contributed by atoms with Crippen LogP contribution in [0.3, 0.4) is 0 Å². The third kappa shape index (κ3) is 2.37. The van der Waals surface area contributed by atoms with Crippen LogP contribution in [0.2, 0.25) is 0 Å². The lowest BCUT2D eigenvalue weighted by Crippen LogP contribution is -2.29. The molecular formula is C9H16N2. The molecular weight excluding hydrogens is 136 g/mol. The van der Waals surface area contributed by atoms with Crippen molar-refractivity contribution in [2.45, 2.75) is 26.3 Å². The van der Waals surface area contributed by atoms with E-state index in [1.54, 1.807) is 0 Å². The highest BCUT2D eigenvalue weighted by Gasteiger charge is 2.07. The number of hydrogen-bond donors (Lipinski definition) is 0. The molecule has 1 aliphatic rings. The maximum absolute atomic E-state index is 4.51. The van der Waals surface area contributed by atoms with Crippen LogP contribution in [0.4, 0.5) is 0 Å². The number of hydrogen-bond acceptors (Lipinski definition) is 1. The van der Waals surface area contributed by atoms with Gasteiger partial charge in [0.05, 0.1) is 0 Å². The molecule has 2 nitrogen and oxygen atoms in total. The average molecular weight is 152 g/mol. The van der Waals surface area contributed by atoms with Crippen molar-refractivity contribution in [3.63, 3.8) is 0 Å². The number of amidine groups is 1. The van der Waals surface area contributed by atoms with Crippen LogP contribution < -0.4 is 0 Å². The molecule has 0 aromatic heterocycles. The van der Waals surface area contributed by atoms with Crippen LogP contribution in [0.5, 0.6) is 0 Å². The van der Waals surface area contributed by atoms with Gasteiger partial charge < -0.3 is 4.90 Å². The van der Waals surface area contributed by atoms with E-state index in [0.717, 1.165) is 13.0 Å². The van der Waals surface area contributed by atoms with E-state index in [4.69, 9.17) is 0 Å². The van der Waals surface area contributed by atoms with Crippen molar-refractivity contribution in [3.8, 4) is 0 Å². The Labute approximate surface area is 68.6 Å². The van der Waals surface area contributed by atoms with Gasteiger partial charge in [-0.05, 0) is 13.8 Å². The summed E-state index contributed by atoms with van der Waals surface area (Å²) in [5.41, 5.74) is 0. The second kappa shape index (κ2) is 3.56. The lowest BCUT2D eigenvalue weighted by atomic mass is 10.2. The minimum absolute atomic E-state index is 0.416. The van der Waals surface area contributed by atoms with E-state index < -0.39 is 0 Å². The topological polar surface area (TPSA) is 15.6 Å². The molecule has 0 fully saturated rings. The first-order valence-corrected chi connectivity index (χ1v) is 4.13. The zero-order chi connectivity index (χ0) is 8.27. The quantitative estimate of drug-likeness (QED) is 0.522. The van der Waals surface area contributed by atoms with Crippen LogP contribution in [0.1, 0.15) is 20.3 Å². The number of aliphatic imine (C=N–C) groups is 1. The van der Waals surface area contributed by atoms with Gasteiger partial charge >= 0.3 is 0 Å². The lowest BCUT2D eigenvalue weighted by molar-refractivity contribution is 0.537. The molecule has 0 N–H and O–H groups in total. The van der Waals surface area contributed by atoms with E-state index in [-0.39, 0.29) is 0 Å². The summed E-state index contributed by atoms with van der Waals surface area (Å²) in [5.74, 6) is 1.21. The van der Waals surface area contributed by atoms with Crippen LogP contribution in [0.15, 0.2) is 17.1 Å². The van der Waals surface area contributed by atoms with Gasteiger partial charge in [-0.3, -0.25) is 4.99 Å². The molecule has 0 atom stereocenters.